The molecule has 0 radical (unpaired) electrons. The fraction of sp³-hybridized carbons (Fsp3) is 0.300. The van der Waals surface area contributed by atoms with Gasteiger partial charge in [0.15, 0.2) is 23.6 Å². The van der Waals surface area contributed by atoms with Crippen LogP contribution in [0.3, 0.4) is 0 Å². The summed E-state index contributed by atoms with van der Waals surface area (Å²) < 4.78 is 11.9. The molecular weight excluding hydrogens is 388 g/mol. The minimum Gasteiger partial charge on any atom is -0.470 e. The van der Waals surface area contributed by atoms with E-state index in [1.807, 2.05) is 20.8 Å². The van der Waals surface area contributed by atoms with Crippen LogP contribution >= 0.6 is 0 Å². The van der Waals surface area contributed by atoms with Crippen molar-refractivity contribution in [3.05, 3.63) is 64.2 Å². The number of carbonyl (C=O) groups is 1. The Bertz CT molecular complexity index is 1130. The zero-order valence-electron chi connectivity index (χ0n) is 16.8. The second-order valence-corrected chi connectivity index (χ2v) is 7.58. The molecule has 0 aliphatic rings. The topological polar surface area (TPSA) is 151 Å². The first-order valence-electron chi connectivity index (χ1n) is 9.11. The maximum atomic E-state index is 10.8. The molecule has 0 spiro atoms. The van der Waals surface area contributed by atoms with Crippen molar-refractivity contribution in [2.45, 2.75) is 39.4 Å². The van der Waals surface area contributed by atoms with E-state index in [4.69, 9.17) is 25.2 Å². The summed E-state index contributed by atoms with van der Waals surface area (Å²) in [6.07, 6.45) is 2.17. The number of carbonyl (C=O) groups excluding carboxylic acids is 1. The molecule has 0 unspecified atom stereocenters. The van der Waals surface area contributed by atoms with Crippen LogP contribution in [0.2, 0.25) is 0 Å². The smallest absolute Gasteiger partial charge is 0.236 e. The van der Waals surface area contributed by atoms with Gasteiger partial charge in [-0.1, -0.05) is 25.9 Å². The fourth-order valence-corrected chi connectivity index (χ4v) is 2.61. The van der Waals surface area contributed by atoms with Gasteiger partial charge >= 0.3 is 0 Å². The van der Waals surface area contributed by atoms with Crippen molar-refractivity contribution >= 4 is 12.1 Å². The van der Waals surface area contributed by atoms with E-state index >= 15 is 0 Å². The number of hydrogen-bond acceptors (Lipinski definition) is 9. The Morgan fingerprint density at radius 3 is 2.67 bits per heavy atom. The molecule has 0 fully saturated rings. The van der Waals surface area contributed by atoms with E-state index in [1.165, 1.54) is 12.3 Å². The lowest BCUT2D eigenvalue weighted by Crippen LogP contribution is -2.32. The number of nitrogens with zero attached hydrogens (tertiary/aromatic N) is 4. The van der Waals surface area contributed by atoms with Crippen LogP contribution < -0.4 is 10.2 Å². The van der Waals surface area contributed by atoms with Crippen LogP contribution in [-0.4, -0.2) is 37.1 Å². The van der Waals surface area contributed by atoms with Gasteiger partial charge in [0, 0.05) is 23.4 Å². The Kier molecular flexibility index (Phi) is 5.88. The van der Waals surface area contributed by atoms with Crippen LogP contribution in [0.4, 0.5) is 0 Å². The van der Waals surface area contributed by atoms with E-state index in [0.717, 1.165) is 4.68 Å². The molecule has 0 saturated heterocycles. The molecule has 10 heteroatoms. The molecule has 30 heavy (non-hydrogen) atoms. The van der Waals surface area contributed by atoms with Gasteiger partial charge in [-0.2, -0.15) is 4.68 Å². The molecule has 3 rings (SSSR count). The maximum absolute atomic E-state index is 10.8. The molecule has 0 aromatic carbocycles. The van der Waals surface area contributed by atoms with E-state index in [1.54, 1.807) is 18.2 Å². The van der Waals surface area contributed by atoms with Gasteiger partial charge in [-0.3, -0.25) is 20.6 Å². The van der Waals surface area contributed by atoms with Crippen LogP contribution in [0.5, 0.6) is 5.88 Å². The van der Waals surface area contributed by atoms with Gasteiger partial charge < -0.3 is 14.4 Å². The summed E-state index contributed by atoms with van der Waals surface area (Å²) in [5.41, 5.74) is 1.49. The number of aliphatic hydroxyl groups excluding tert-OH is 1. The molecule has 3 aromatic heterocycles. The second-order valence-electron chi connectivity index (χ2n) is 7.58. The summed E-state index contributed by atoms with van der Waals surface area (Å²) in [6, 6.07) is 6.32. The first kappa shape index (κ1) is 21.1. The lowest BCUT2D eigenvalue weighted by Gasteiger charge is -2.22. The Morgan fingerprint density at radius 1 is 1.33 bits per heavy atom. The Morgan fingerprint density at radius 2 is 2.10 bits per heavy atom. The molecule has 156 valence electrons. The third-order valence-electron chi connectivity index (χ3n) is 4.25. The van der Waals surface area contributed by atoms with Crippen LogP contribution in [-0.2, 0) is 18.6 Å². The van der Waals surface area contributed by atoms with E-state index in [-0.39, 0.29) is 47.3 Å². The monoisotopic (exact) mass is 410 g/mol. The molecule has 0 atom stereocenters. The normalized spacial score (nSPS) is 11.3. The molecular formula is C20H22N6O4. The van der Waals surface area contributed by atoms with Crippen LogP contribution in [0.25, 0.3) is 0 Å². The number of hydrogen-bond donors (Lipinski definition) is 3. The molecule has 0 saturated carbocycles. The number of aldehydes is 1. The number of pyridine rings is 1. The molecule has 3 N–H and O–H groups in total. The fourth-order valence-electron chi connectivity index (χ4n) is 2.61. The average Bonchev–Trinajstić information content (AvgIpc) is 3.21. The van der Waals surface area contributed by atoms with E-state index < -0.39 is 0 Å². The molecule has 0 aliphatic heterocycles. The lowest BCUT2D eigenvalue weighted by molar-refractivity contribution is 0.112. The summed E-state index contributed by atoms with van der Waals surface area (Å²) in [5.74, 6) is 0.257. The molecule has 3 heterocycles. The van der Waals surface area contributed by atoms with Gasteiger partial charge in [-0.15, -0.1) is 5.10 Å². The zero-order chi connectivity index (χ0) is 21.9. The highest BCUT2D eigenvalue weighted by atomic mass is 16.5. The Labute approximate surface area is 172 Å². The van der Waals surface area contributed by atoms with Crippen molar-refractivity contribution in [1.82, 2.24) is 19.9 Å². The number of aliphatic hydroxyl groups is 1. The molecule has 0 bridgehead atoms. The first-order chi connectivity index (χ1) is 14.2. The van der Waals surface area contributed by atoms with Crippen molar-refractivity contribution in [2.75, 3.05) is 0 Å². The van der Waals surface area contributed by atoms with Crippen LogP contribution in [0.15, 0.2) is 35.0 Å². The zero-order valence-corrected chi connectivity index (χ0v) is 16.8. The standard InChI is InChI=1S/C20H22N6O4/c1-20(2,3)15-7-17(21)26(18(22)16-6-14(10-28)30-25-16)24-19(15)29-11-13-5-4-12(9-27)8-23-13/h4-9,21-22,28H,10-11H2,1-3H3. The van der Waals surface area contributed by atoms with Crippen LogP contribution in [0, 0.1) is 10.8 Å². The third kappa shape index (κ3) is 4.49. The highest BCUT2D eigenvalue weighted by molar-refractivity contribution is 5.95. The molecule has 0 amide bonds. The number of nitrogens with one attached hydrogen (secondary N) is 2. The van der Waals surface area contributed by atoms with Crippen LogP contribution in [0.1, 0.15) is 53.8 Å². The van der Waals surface area contributed by atoms with Crippen molar-refractivity contribution in [1.29, 1.82) is 10.8 Å². The van der Waals surface area contributed by atoms with Crippen molar-refractivity contribution in [3.63, 3.8) is 0 Å². The van der Waals surface area contributed by atoms with Crippen molar-refractivity contribution in [2.24, 2.45) is 0 Å². The van der Waals surface area contributed by atoms with Gasteiger partial charge in [0.1, 0.15) is 18.7 Å². The Hall–Kier alpha value is -3.66. The minimum atomic E-state index is -0.369. The van der Waals surface area contributed by atoms with Gasteiger partial charge in [-0.05, 0) is 23.6 Å². The lowest BCUT2D eigenvalue weighted by atomic mass is 9.88. The van der Waals surface area contributed by atoms with Crippen molar-refractivity contribution < 1.29 is 19.2 Å². The van der Waals surface area contributed by atoms with Gasteiger partial charge in [0.25, 0.3) is 0 Å². The van der Waals surface area contributed by atoms with E-state index in [0.29, 0.717) is 23.1 Å². The van der Waals surface area contributed by atoms with Gasteiger partial charge in [-0.25, -0.2) is 0 Å². The predicted molar refractivity (Wildman–Crippen MR) is 105 cm³/mol. The van der Waals surface area contributed by atoms with E-state index in [2.05, 4.69) is 15.2 Å². The van der Waals surface area contributed by atoms with E-state index in [9.17, 15) is 4.79 Å². The second kappa shape index (κ2) is 8.37. The summed E-state index contributed by atoms with van der Waals surface area (Å²) in [7, 11) is 0. The highest BCUT2D eigenvalue weighted by Crippen LogP contribution is 2.28. The minimum absolute atomic E-state index is 0.0284. The number of ether oxygens (including phenoxy) is 1. The maximum Gasteiger partial charge on any atom is 0.236 e. The predicted octanol–water partition coefficient (Wildman–Crippen LogP) is 1.80. The molecule has 0 aliphatic carbocycles. The number of aromatic nitrogens is 4. The van der Waals surface area contributed by atoms with Gasteiger partial charge in [0.2, 0.25) is 5.88 Å². The highest BCUT2D eigenvalue weighted by Gasteiger charge is 2.23. The Balaban J connectivity index is 1.96. The average molecular weight is 410 g/mol. The van der Waals surface area contributed by atoms with Gasteiger partial charge in [0.05, 0.1) is 5.69 Å². The molecule has 10 nitrogen and oxygen atoms in total. The number of rotatable bonds is 6. The summed E-state index contributed by atoms with van der Waals surface area (Å²) in [4.78, 5) is 15.0. The van der Waals surface area contributed by atoms with Crippen molar-refractivity contribution in [3.8, 4) is 5.88 Å². The summed E-state index contributed by atoms with van der Waals surface area (Å²) in [6.45, 7) is 5.65. The SMILES string of the molecule is CC(C)(C)c1cc(=N)n(C(=N)c2cc(CO)on2)nc1OCc1ccc(C=O)cn1. The quantitative estimate of drug-likeness (QED) is 0.318. The molecule has 3 aromatic rings. The first-order valence-corrected chi connectivity index (χ1v) is 9.11. The largest absolute Gasteiger partial charge is 0.470 e. The third-order valence-corrected chi connectivity index (χ3v) is 4.25. The summed E-state index contributed by atoms with van der Waals surface area (Å²) in [5, 5.41) is 33.9. The summed E-state index contributed by atoms with van der Waals surface area (Å²) >= 11 is 0.